The number of nitrogens with one attached hydrogen (secondary N) is 1. The smallest absolute Gasteiger partial charge is 0.0589 e. The molecular weight excluding hydrogens is 212 g/mol. The zero-order chi connectivity index (χ0) is 12.7. The average Bonchev–Trinajstić information content (AvgIpc) is 3.08. The third-order valence-corrected chi connectivity index (χ3v) is 3.59. The molecule has 1 fully saturated rings. The van der Waals surface area contributed by atoms with Crippen molar-refractivity contribution in [3.63, 3.8) is 0 Å². The van der Waals surface area contributed by atoms with Crippen molar-refractivity contribution in [2.75, 3.05) is 26.8 Å². The van der Waals surface area contributed by atoms with Crippen LogP contribution in [0.15, 0.2) is 0 Å². The van der Waals surface area contributed by atoms with Crippen molar-refractivity contribution in [3.05, 3.63) is 0 Å². The summed E-state index contributed by atoms with van der Waals surface area (Å²) in [6.45, 7) is 9.95. The maximum Gasteiger partial charge on any atom is 0.0589 e. The van der Waals surface area contributed by atoms with Crippen molar-refractivity contribution in [2.24, 2.45) is 0 Å². The van der Waals surface area contributed by atoms with Gasteiger partial charge in [-0.05, 0) is 53.0 Å². The van der Waals surface area contributed by atoms with Crippen LogP contribution in [0, 0.1) is 0 Å². The summed E-state index contributed by atoms with van der Waals surface area (Å²) < 4.78 is 5.18. The van der Waals surface area contributed by atoms with E-state index in [1.165, 1.54) is 32.2 Å². The number of nitrogens with zero attached hydrogens (tertiary/aromatic N) is 1. The molecule has 1 N–H and O–H groups in total. The van der Waals surface area contributed by atoms with E-state index >= 15 is 0 Å². The van der Waals surface area contributed by atoms with Crippen LogP contribution in [-0.2, 0) is 4.74 Å². The topological polar surface area (TPSA) is 24.5 Å². The van der Waals surface area contributed by atoms with E-state index in [0.717, 1.165) is 19.2 Å². The van der Waals surface area contributed by atoms with Gasteiger partial charge in [0.15, 0.2) is 0 Å². The van der Waals surface area contributed by atoms with Crippen molar-refractivity contribution in [1.82, 2.24) is 10.2 Å². The number of methoxy groups -OCH3 is 1. The van der Waals surface area contributed by atoms with E-state index in [-0.39, 0.29) is 0 Å². The van der Waals surface area contributed by atoms with Gasteiger partial charge in [0, 0.05) is 31.8 Å². The third-order valence-electron chi connectivity index (χ3n) is 3.59. The molecule has 1 saturated carbocycles. The maximum absolute atomic E-state index is 5.18. The van der Waals surface area contributed by atoms with Gasteiger partial charge in [0.25, 0.3) is 0 Å². The molecule has 0 aromatic carbocycles. The van der Waals surface area contributed by atoms with Crippen LogP contribution in [0.3, 0.4) is 0 Å². The molecule has 17 heavy (non-hydrogen) atoms. The van der Waals surface area contributed by atoms with Crippen molar-refractivity contribution in [1.29, 1.82) is 0 Å². The van der Waals surface area contributed by atoms with Crippen LogP contribution in [-0.4, -0.2) is 49.8 Å². The Bertz CT molecular complexity index is 193. The first kappa shape index (κ1) is 14.9. The molecule has 1 aliphatic rings. The highest BCUT2D eigenvalue weighted by atomic mass is 16.5. The Morgan fingerprint density at radius 2 is 2.00 bits per heavy atom. The monoisotopic (exact) mass is 242 g/mol. The van der Waals surface area contributed by atoms with E-state index in [1.807, 2.05) is 0 Å². The molecule has 1 rings (SSSR count). The Balaban J connectivity index is 2.13. The predicted octanol–water partition coefficient (Wildman–Crippen LogP) is 2.26. The van der Waals surface area contributed by atoms with E-state index in [4.69, 9.17) is 4.74 Å². The van der Waals surface area contributed by atoms with Crippen LogP contribution < -0.4 is 5.32 Å². The molecule has 3 heteroatoms. The number of hydrogen-bond acceptors (Lipinski definition) is 3. The molecule has 0 amide bonds. The van der Waals surface area contributed by atoms with Crippen LogP contribution >= 0.6 is 0 Å². The molecule has 0 bridgehead atoms. The van der Waals surface area contributed by atoms with Crippen molar-refractivity contribution in [3.8, 4) is 0 Å². The molecule has 0 aliphatic heterocycles. The third kappa shape index (κ3) is 6.39. The second-order valence-electron chi connectivity index (χ2n) is 5.54. The van der Waals surface area contributed by atoms with Gasteiger partial charge in [0.05, 0.1) is 6.61 Å². The molecule has 0 heterocycles. The Morgan fingerprint density at radius 3 is 2.53 bits per heavy atom. The van der Waals surface area contributed by atoms with Crippen LogP contribution in [0.25, 0.3) is 0 Å². The summed E-state index contributed by atoms with van der Waals surface area (Å²) in [7, 11) is 1.78. The van der Waals surface area contributed by atoms with Gasteiger partial charge in [-0.2, -0.15) is 0 Å². The number of rotatable bonds is 10. The molecule has 3 nitrogen and oxygen atoms in total. The molecular formula is C14H30N2O. The van der Waals surface area contributed by atoms with Crippen LogP contribution in [0.1, 0.15) is 46.5 Å². The minimum atomic E-state index is 0.608. The predicted molar refractivity (Wildman–Crippen MR) is 73.4 cm³/mol. The lowest BCUT2D eigenvalue weighted by Gasteiger charge is -2.32. The van der Waals surface area contributed by atoms with Gasteiger partial charge in [0.1, 0.15) is 0 Å². The highest BCUT2D eigenvalue weighted by Crippen LogP contribution is 2.18. The van der Waals surface area contributed by atoms with Crippen molar-refractivity contribution in [2.45, 2.75) is 64.6 Å². The fourth-order valence-electron chi connectivity index (χ4n) is 2.34. The summed E-state index contributed by atoms with van der Waals surface area (Å²) in [5.74, 6) is 0. The Kier molecular flexibility index (Phi) is 7.09. The minimum absolute atomic E-state index is 0.608. The molecule has 1 aliphatic carbocycles. The summed E-state index contributed by atoms with van der Waals surface area (Å²) in [5, 5.41) is 3.58. The SMILES string of the molecule is COCCN(C(C)C)C(C)CCCNC1CC1. The zero-order valence-corrected chi connectivity index (χ0v) is 12.0. The van der Waals surface area contributed by atoms with Gasteiger partial charge in [0.2, 0.25) is 0 Å². The Hall–Kier alpha value is -0.120. The van der Waals surface area contributed by atoms with Gasteiger partial charge >= 0.3 is 0 Å². The minimum Gasteiger partial charge on any atom is -0.383 e. The summed E-state index contributed by atoms with van der Waals surface area (Å²) in [5.41, 5.74) is 0. The highest BCUT2D eigenvalue weighted by molar-refractivity contribution is 4.81. The normalized spacial score (nSPS) is 18.0. The van der Waals surface area contributed by atoms with E-state index in [9.17, 15) is 0 Å². The fourth-order valence-corrected chi connectivity index (χ4v) is 2.34. The van der Waals surface area contributed by atoms with Crippen LogP contribution in [0.2, 0.25) is 0 Å². The van der Waals surface area contributed by atoms with E-state index < -0.39 is 0 Å². The molecule has 1 atom stereocenters. The quantitative estimate of drug-likeness (QED) is 0.595. The maximum atomic E-state index is 5.18. The second kappa shape index (κ2) is 8.06. The first-order chi connectivity index (χ1) is 8.15. The molecule has 102 valence electrons. The number of ether oxygens (including phenoxy) is 1. The lowest BCUT2D eigenvalue weighted by atomic mass is 10.1. The van der Waals surface area contributed by atoms with Gasteiger partial charge < -0.3 is 10.1 Å². The summed E-state index contributed by atoms with van der Waals surface area (Å²) in [6.07, 6.45) is 5.35. The van der Waals surface area contributed by atoms with E-state index in [0.29, 0.717) is 12.1 Å². The second-order valence-corrected chi connectivity index (χ2v) is 5.54. The molecule has 1 unspecified atom stereocenters. The average molecular weight is 242 g/mol. The molecule has 0 spiro atoms. The lowest BCUT2D eigenvalue weighted by molar-refractivity contribution is 0.0975. The summed E-state index contributed by atoms with van der Waals surface area (Å²) in [4.78, 5) is 2.54. The molecule has 0 aromatic heterocycles. The zero-order valence-electron chi connectivity index (χ0n) is 12.0. The lowest BCUT2D eigenvalue weighted by Crippen LogP contribution is -2.41. The van der Waals surface area contributed by atoms with Gasteiger partial charge in [-0.15, -0.1) is 0 Å². The molecule has 0 radical (unpaired) electrons. The van der Waals surface area contributed by atoms with Gasteiger partial charge in [-0.1, -0.05) is 0 Å². The first-order valence-corrected chi connectivity index (χ1v) is 7.13. The molecule has 0 aromatic rings. The Morgan fingerprint density at radius 1 is 1.29 bits per heavy atom. The fraction of sp³-hybridized carbons (Fsp3) is 1.00. The number of hydrogen-bond donors (Lipinski definition) is 1. The van der Waals surface area contributed by atoms with E-state index in [1.54, 1.807) is 7.11 Å². The van der Waals surface area contributed by atoms with Crippen molar-refractivity contribution < 1.29 is 4.74 Å². The summed E-state index contributed by atoms with van der Waals surface area (Å²) >= 11 is 0. The van der Waals surface area contributed by atoms with Gasteiger partial charge in [-0.25, -0.2) is 0 Å². The first-order valence-electron chi connectivity index (χ1n) is 7.13. The van der Waals surface area contributed by atoms with Crippen LogP contribution in [0.5, 0.6) is 0 Å². The largest absolute Gasteiger partial charge is 0.383 e. The Labute approximate surface area is 107 Å². The summed E-state index contributed by atoms with van der Waals surface area (Å²) in [6, 6.07) is 2.11. The standard InChI is InChI=1S/C14H30N2O/c1-12(2)16(10-11-17-4)13(3)6-5-9-15-14-7-8-14/h12-15H,5-11H2,1-4H3. The van der Waals surface area contributed by atoms with E-state index in [2.05, 4.69) is 31.0 Å². The molecule has 0 saturated heterocycles. The van der Waals surface area contributed by atoms with Crippen LogP contribution in [0.4, 0.5) is 0 Å². The van der Waals surface area contributed by atoms with Gasteiger partial charge in [-0.3, -0.25) is 4.90 Å². The highest BCUT2D eigenvalue weighted by Gasteiger charge is 2.20. The van der Waals surface area contributed by atoms with Crippen molar-refractivity contribution >= 4 is 0 Å².